The van der Waals surface area contributed by atoms with Gasteiger partial charge in [0.1, 0.15) is 0 Å². The molecule has 4 heteroatoms. The average Bonchev–Trinajstić information content (AvgIpc) is 2.53. The molecule has 2 aromatic rings. The summed E-state index contributed by atoms with van der Waals surface area (Å²) in [4.78, 5) is 0. The Labute approximate surface area is 139 Å². The number of methoxy groups -OCH3 is 2. The molecule has 2 rings (SSSR count). The van der Waals surface area contributed by atoms with Gasteiger partial charge >= 0.3 is 0 Å². The molecule has 1 atom stereocenters. The van der Waals surface area contributed by atoms with Crippen LogP contribution >= 0.6 is 27.5 Å². The maximum absolute atomic E-state index is 6.72. The van der Waals surface area contributed by atoms with Crippen LogP contribution in [0.25, 0.3) is 0 Å². The fourth-order valence-corrected chi connectivity index (χ4v) is 3.41. The van der Waals surface area contributed by atoms with Gasteiger partial charge in [-0.1, -0.05) is 47.1 Å². The Bertz CT molecular complexity index is 628. The molecule has 0 aromatic heterocycles. The number of aryl methyl sites for hydroxylation is 1. The lowest BCUT2D eigenvalue weighted by molar-refractivity contribution is 0.354. The number of hydrogen-bond donors (Lipinski definition) is 0. The third-order valence-electron chi connectivity index (χ3n) is 3.48. The number of rotatable bonds is 5. The van der Waals surface area contributed by atoms with Crippen molar-refractivity contribution in [1.82, 2.24) is 0 Å². The Balaban J connectivity index is 2.50. The van der Waals surface area contributed by atoms with Crippen molar-refractivity contribution in [3.05, 3.63) is 57.6 Å². The van der Waals surface area contributed by atoms with E-state index in [4.69, 9.17) is 21.1 Å². The number of alkyl halides is 1. The van der Waals surface area contributed by atoms with Gasteiger partial charge in [-0.2, -0.15) is 0 Å². The van der Waals surface area contributed by atoms with E-state index in [0.717, 1.165) is 22.0 Å². The van der Waals surface area contributed by atoms with Crippen LogP contribution in [-0.2, 0) is 6.42 Å². The molecule has 21 heavy (non-hydrogen) atoms. The van der Waals surface area contributed by atoms with E-state index in [0.29, 0.717) is 11.5 Å². The van der Waals surface area contributed by atoms with Crippen molar-refractivity contribution in [2.75, 3.05) is 14.2 Å². The largest absolute Gasteiger partial charge is 0.493 e. The summed E-state index contributed by atoms with van der Waals surface area (Å²) in [7, 11) is 3.24. The van der Waals surface area contributed by atoms with Gasteiger partial charge in [-0.15, -0.1) is 11.6 Å². The Hall–Kier alpha value is -1.19. The predicted octanol–water partition coefficient (Wildman–Crippen LogP) is 5.36. The standard InChI is InChI=1S/C17H18BrClO2/c1-4-11-7-5-6-8-12(11)17(19)13-9-15(20-2)16(21-3)10-14(13)18/h5-10,17H,4H2,1-3H3. The van der Waals surface area contributed by atoms with Gasteiger partial charge < -0.3 is 9.47 Å². The van der Waals surface area contributed by atoms with Crippen molar-refractivity contribution in [2.24, 2.45) is 0 Å². The molecule has 0 bridgehead atoms. The summed E-state index contributed by atoms with van der Waals surface area (Å²) in [5.41, 5.74) is 3.34. The molecule has 0 saturated heterocycles. The number of ether oxygens (including phenoxy) is 2. The lowest BCUT2D eigenvalue weighted by atomic mass is 9.97. The normalized spacial score (nSPS) is 12.0. The quantitative estimate of drug-likeness (QED) is 0.661. The topological polar surface area (TPSA) is 18.5 Å². The van der Waals surface area contributed by atoms with Crippen molar-refractivity contribution in [3.63, 3.8) is 0 Å². The van der Waals surface area contributed by atoms with E-state index in [2.05, 4.69) is 35.0 Å². The van der Waals surface area contributed by atoms with E-state index in [9.17, 15) is 0 Å². The third-order valence-corrected chi connectivity index (χ3v) is 4.64. The molecule has 0 saturated carbocycles. The second kappa shape index (κ2) is 7.19. The van der Waals surface area contributed by atoms with E-state index in [1.54, 1.807) is 14.2 Å². The Kier molecular flexibility index (Phi) is 5.54. The van der Waals surface area contributed by atoms with Crippen LogP contribution in [0, 0.1) is 0 Å². The van der Waals surface area contributed by atoms with Gasteiger partial charge in [-0.25, -0.2) is 0 Å². The Morgan fingerprint density at radius 1 is 1.05 bits per heavy atom. The van der Waals surface area contributed by atoms with Crippen LogP contribution in [0.2, 0.25) is 0 Å². The molecular formula is C17H18BrClO2. The van der Waals surface area contributed by atoms with Crippen molar-refractivity contribution < 1.29 is 9.47 Å². The summed E-state index contributed by atoms with van der Waals surface area (Å²) in [6, 6.07) is 12.0. The first kappa shape index (κ1) is 16.2. The molecule has 112 valence electrons. The predicted molar refractivity (Wildman–Crippen MR) is 90.8 cm³/mol. The van der Waals surface area contributed by atoms with Crippen LogP contribution in [-0.4, -0.2) is 14.2 Å². The monoisotopic (exact) mass is 368 g/mol. The average molecular weight is 370 g/mol. The van der Waals surface area contributed by atoms with Gasteiger partial charge in [-0.3, -0.25) is 0 Å². The number of benzene rings is 2. The maximum Gasteiger partial charge on any atom is 0.161 e. The molecule has 0 aliphatic carbocycles. The second-order valence-corrected chi connectivity index (χ2v) is 5.93. The molecule has 0 N–H and O–H groups in total. The summed E-state index contributed by atoms with van der Waals surface area (Å²) in [6.45, 7) is 2.13. The molecule has 0 aliphatic rings. The van der Waals surface area contributed by atoms with Gasteiger partial charge in [0.25, 0.3) is 0 Å². The highest BCUT2D eigenvalue weighted by molar-refractivity contribution is 9.10. The van der Waals surface area contributed by atoms with Crippen molar-refractivity contribution >= 4 is 27.5 Å². The molecule has 0 spiro atoms. The molecule has 0 radical (unpaired) electrons. The molecule has 0 heterocycles. The minimum atomic E-state index is -0.240. The van der Waals surface area contributed by atoms with Crippen LogP contribution in [0.1, 0.15) is 29.0 Å². The van der Waals surface area contributed by atoms with E-state index < -0.39 is 0 Å². The van der Waals surface area contributed by atoms with Crippen LogP contribution in [0.4, 0.5) is 0 Å². The number of halogens is 2. The van der Waals surface area contributed by atoms with Gasteiger partial charge in [0.2, 0.25) is 0 Å². The summed E-state index contributed by atoms with van der Waals surface area (Å²) >= 11 is 10.3. The highest BCUT2D eigenvalue weighted by Gasteiger charge is 2.19. The van der Waals surface area contributed by atoms with Gasteiger partial charge in [0.15, 0.2) is 11.5 Å². The Morgan fingerprint density at radius 3 is 2.29 bits per heavy atom. The highest BCUT2D eigenvalue weighted by atomic mass is 79.9. The lowest BCUT2D eigenvalue weighted by Gasteiger charge is -2.18. The first-order chi connectivity index (χ1) is 10.1. The maximum atomic E-state index is 6.72. The molecule has 2 aromatic carbocycles. The minimum absolute atomic E-state index is 0.240. The first-order valence-electron chi connectivity index (χ1n) is 6.75. The molecular weight excluding hydrogens is 352 g/mol. The zero-order valence-electron chi connectivity index (χ0n) is 12.3. The summed E-state index contributed by atoms with van der Waals surface area (Å²) in [5.74, 6) is 1.36. The van der Waals surface area contributed by atoms with E-state index in [-0.39, 0.29) is 5.38 Å². The van der Waals surface area contributed by atoms with Crippen LogP contribution in [0.5, 0.6) is 11.5 Å². The summed E-state index contributed by atoms with van der Waals surface area (Å²) < 4.78 is 11.6. The molecule has 0 fully saturated rings. The number of hydrogen-bond acceptors (Lipinski definition) is 2. The van der Waals surface area contributed by atoms with Crippen molar-refractivity contribution in [3.8, 4) is 11.5 Å². The zero-order valence-corrected chi connectivity index (χ0v) is 14.7. The molecule has 1 unspecified atom stereocenters. The van der Waals surface area contributed by atoms with E-state index in [1.165, 1.54) is 5.56 Å². The third kappa shape index (κ3) is 3.35. The van der Waals surface area contributed by atoms with Gasteiger partial charge in [-0.05, 0) is 35.2 Å². The zero-order chi connectivity index (χ0) is 15.4. The summed E-state index contributed by atoms with van der Waals surface area (Å²) in [5, 5.41) is -0.240. The second-order valence-electron chi connectivity index (χ2n) is 4.64. The highest BCUT2D eigenvalue weighted by Crippen LogP contribution is 2.41. The SMILES string of the molecule is CCc1ccccc1C(Cl)c1cc(OC)c(OC)cc1Br. The molecule has 2 nitrogen and oxygen atoms in total. The van der Waals surface area contributed by atoms with Crippen LogP contribution in [0.15, 0.2) is 40.9 Å². The van der Waals surface area contributed by atoms with Crippen molar-refractivity contribution in [2.45, 2.75) is 18.7 Å². The molecule has 0 amide bonds. The van der Waals surface area contributed by atoms with E-state index >= 15 is 0 Å². The first-order valence-corrected chi connectivity index (χ1v) is 7.98. The minimum Gasteiger partial charge on any atom is -0.493 e. The smallest absolute Gasteiger partial charge is 0.161 e. The van der Waals surface area contributed by atoms with Crippen LogP contribution < -0.4 is 9.47 Å². The Morgan fingerprint density at radius 2 is 1.67 bits per heavy atom. The summed E-state index contributed by atoms with van der Waals surface area (Å²) in [6.07, 6.45) is 0.949. The van der Waals surface area contributed by atoms with Crippen LogP contribution in [0.3, 0.4) is 0 Å². The fourth-order valence-electron chi connectivity index (χ4n) is 2.34. The van der Waals surface area contributed by atoms with Gasteiger partial charge in [0, 0.05) is 4.47 Å². The van der Waals surface area contributed by atoms with E-state index in [1.807, 2.05) is 24.3 Å². The van der Waals surface area contributed by atoms with Crippen molar-refractivity contribution in [1.29, 1.82) is 0 Å². The van der Waals surface area contributed by atoms with Gasteiger partial charge in [0.05, 0.1) is 19.6 Å². The lowest BCUT2D eigenvalue weighted by Crippen LogP contribution is -2.01. The molecule has 0 aliphatic heterocycles. The fraction of sp³-hybridized carbons (Fsp3) is 0.294.